The number of hydrogen-bond donors (Lipinski definition) is 1. The number of ether oxygens (including phenoxy) is 1. The molecule has 0 amide bonds. The lowest BCUT2D eigenvalue weighted by molar-refractivity contribution is -0.137. The molecule has 0 spiro atoms. The van der Waals surface area contributed by atoms with Gasteiger partial charge in [0.25, 0.3) is 0 Å². The van der Waals surface area contributed by atoms with E-state index in [1.807, 2.05) is 0 Å². The van der Waals surface area contributed by atoms with E-state index in [0.717, 1.165) is 0 Å². The second-order valence-electron chi connectivity index (χ2n) is 2.66. The van der Waals surface area contributed by atoms with Gasteiger partial charge in [-0.05, 0) is 18.9 Å². The molecule has 0 rings (SSSR count). The quantitative estimate of drug-likeness (QED) is 0.398. The van der Waals surface area contributed by atoms with Crippen LogP contribution in [-0.2, 0) is 19.1 Å². The molecular formula is C9H12O5. The van der Waals surface area contributed by atoms with Crippen LogP contribution in [0.15, 0.2) is 11.1 Å². The van der Waals surface area contributed by atoms with Crippen LogP contribution < -0.4 is 0 Å². The Bertz CT molecular complexity index is 277. The number of aldehydes is 1. The van der Waals surface area contributed by atoms with Crippen molar-refractivity contribution in [2.75, 3.05) is 7.11 Å². The van der Waals surface area contributed by atoms with Crippen LogP contribution in [0.25, 0.3) is 0 Å². The fraction of sp³-hybridized carbons (Fsp3) is 0.444. The highest BCUT2D eigenvalue weighted by atomic mass is 16.5. The maximum absolute atomic E-state index is 11.1. The first-order valence-corrected chi connectivity index (χ1v) is 3.98. The monoisotopic (exact) mass is 200 g/mol. The molecule has 0 aliphatic carbocycles. The summed E-state index contributed by atoms with van der Waals surface area (Å²) in [5.74, 6) is -1.68. The van der Waals surface area contributed by atoms with Crippen molar-refractivity contribution in [3.63, 3.8) is 0 Å². The highest BCUT2D eigenvalue weighted by Gasteiger charge is 2.14. The summed E-state index contributed by atoms with van der Waals surface area (Å²) in [5.41, 5.74) is 0.322. The molecule has 5 heteroatoms. The summed E-state index contributed by atoms with van der Waals surface area (Å²) in [6, 6.07) is 0. The molecule has 0 aliphatic rings. The first-order chi connectivity index (χ1) is 6.52. The molecule has 78 valence electrons. The van der Waals surface area contributed by atoms with Gasteiger partial charge in [0.1, 0.15) is 6.29 Å². The normalized spacial score (nSPS) is 11.6. The van der Waals surface area contributed by atoms with E-state index in [9.17, 15) is 14.4 Å². The summed E-state index contributed by atoms with van der Waals surface area (Å²) in [6.07, 6.45) is 0.316. The summed E-state index contributed by atoms with van der Waals surface area (Å²) in [6.45, 7) is 1.45. The number of aliphatic carboxylic acids is 1. The predicted molar refractivity (Wildman–Crippen MR) is 47.6 cm³/mol. The number of esters is 1. The van der Waals surface area contributed by atoms with E-state index in [1.165, 1.54) is 14.0 Å². The second kappa shape index (κ2) is 5.90. The number of carboxylic acid groups (broad SMARTS) is 1. The van der Waals surface area contributed by atoms with Gasteiger partial charge < -0.3 is 9.84 Å². The molecule has 14 heavy (non-hydrogen) atoms. The molecule has 0 aromatic rings. The van der Waals surface area contributed by atoms with Crippen LogP contribution in [0.1, 0.15) is 19.8 Å². The molecule has 0 aliphatic heterocycles. The topological polar surface area (TPSA) is 80.7 Å². The fourth-order valence-corrected chi connectivity index (χ4v) is 0.886. The lowest BCUT2D eigenvalue weighted by Gasteiger charge is -2.04. The molecule has 0 fully saturated rings. The minimum atomic E-state index is -1.02. The molecule has 0 saturated carbocycles. The standard InChI is InChI=1S/C9H12O5/c1-6(5-10)7(9(13)14-2)3-4-8(11)12/h5H,3-4H2,1-2H3,(H,11,12)/b7-6-. The summed E-state index contributed by atoms with van der Waals surface area (Å²) in [4.78, 5) is 31.8. The van der Waals surface area contributed by atoms with E-state index in [0.29, 0.717) is 6.29 Å². The van der Waals surface area contributed by atoms with E-state index in [2.05, 4.69) is 4.74 Å². The largest absolute Gasteiger partial charge is 0.481 e. The molecule has 0 unspecified atom stereocenters. The van der Waals surface area contributed by atoms with Crippen molar-refractivity contribution in [1.82, 2.24) is 0 Å². The van der Waals surface area contributed by atoms with Gasteiger partial charge in [0.05, 0.1) is 7.11 Å². The zero-order valence-electron chi connectivity index (χ0n) is 8.07. The van der Waals surface area contributed by atoms with E-state index >= 15 is 0 Å². The minimum absolute atomic E-state index is 0.00653. The first kappa shape index (κ1) is 12.3. The van der Waals surface area contributed by atoms with Gasteiger partial charge in [-0.15, -0.1) is 0 Å². The zero-order valence-corrected chi connectivity index (χ0v) is 8.07. The second-order valence-corrected chi connectivity index (χ2v) is 2.66. The average Bonchev–Trinajstić information content (AvgIpc) is 2.16. The number of carbonyl (C=O) groups excluding carboxylic acids is 2. The van der Waals surface area contributed by atoms with Gasteiger partial charge in [-0.1, -0.05) is 0 Å². The predicted octanol–water partition coefficient (Wildman–Crippen LogP) is 0.540. The average molecular weight is 200 g/mol. The van der Waals surface area contributed by atoms with Gasteiger partial charge in [-0.25, -0.2) is 4.79 Å². The Morgan fingerprint density at radius 1 is 1.36 bits per heavy atom. The maximum Gasteiger partial charge on any atom is 0.334 e. The number of allylic oxidation sites excluding steroid dienone is 1. The summed E-state index contributed by atoms with van der Waals surface area (Å²) in [5, 5.41) is 8.41. The number of carbonyl (C=O) groups is 3. The van der Waals surface area contributed by atoms with E-state index in [1.54, 1.807) is 0 Å². The highest BCUT2D eigenvalue weighted by molar-refractivity contribution is 5.95. The number of carboxylic acids is 1. The Morgan fingerprint density at radius 3 is 2.29 bits per heavy atom. The third-order valence-electron chi connectivity index (χ3n) is 1.67. The Labute approximate surface area is 81.4 Å². The lowest BCUT2D eigenvalue weighted by atomic mass is 10.1. The smallest absolute Gasteiger partial charge is 0.334 e. The number of rotatable bonds is 5. The first-order valence-electron chi connectivity index (χ1n) is 3.98. The van der Waals surface area contributed by atoms with Crippen LogP contribution in [-0.4, -0.2) is 30.4 Å². The fourth-order valence-electron chi connectivity index (χ4n) is 0.886. The molecular weight excluding hydrogens is 188 g/mol. The van der Waals surface area contributed by atoms with Gasteiger partial charge in [0.2, 0.25) is 0 Å². The summed E-state index contributed by atoms with van der Waals surface area (Å²) >= 11 is 0. The molecule has 0 aromatic heterocycles. The van der Waals surface area contributed by atoms with Crippen molar-refractivity contribution in [2.45, 2.75) is 19.8 Å². The highest BCUT2D eigenvalue weighted by Crippen LogP contribution is 2.11. The minimum Gasteiger partial charge on any atom is -0.481 e. The van der Waals surface area contributed by atoms with E-state index < -0.39 is 11.9 Å². The van der Waals surface area contributed by atoms with Crippen LogP contribution in [0.3, 0.4) is 0 Å². The lowest BCUT2D eigenvalue weighted by Crippen LogP contribution is -2.09. The van der Waals surface area contributed by atoms with Gasteiger partial charge >= 0.3 is 11.9 Å². The zero-order chi connectivity index (χ0) is 11.1. The van der Waals surface area contributed by atoms with Crippen LogP contribution >= 0.6 is 0 Å². The third kappa shape index (κ3) is 3.84. The van der Waals surface area contributed by atoms with Crippen LogP contribution in [0.2, 0.25) is 0 Å². The van der Waals surface area contributed by atoms with Crippen LogP contribution in [0.4, 0.5) is 0 Å². The molecule has 0 aromatic carbocycles. The van der Waals surface area contributed by atoms with Gasteiger partial charge in [0, 0.05) is 12.0 Å². The molecule has 0 atom stereocenters. The SMILES string of the molecule is COC(=O)/C(CCC(=O)O)=C(/C)C=O. The molecule has 5 nitrogen and oxygen atoms in total. The van der Waals surface area contributed by atoms with Crippen LogP contribution in [0, 0.1) is 0 Å². The molecule has 0 saturated heterocycles. The van der Waals surface area contributed by atoms with Gasteiger partial charge in [-0.3, -0.25) is 9.59 Å². The van der Waals surface area contributed by atoms with E-state index in [-0.39, 0.29) is 24.0 Å². The van der Waals surface area contributed by atoms with Gasteiger partial charge in [0.15, 0.2) is 0 Å². The Hall–Kier alpha value is -1.65. The maximum atomic E-state index is 11.1. The van der Waals surface area contributed by atoms with Gasteiger partial charge in [-0.2, -0.15) is 0 Å². The Balaban J connectivity index is 4.66. The summed E-state index contributed by atoms with van der Waals surface area (Å²) < 4.78 is 4.42. The van der Waals surface area contributed by atoms with Crippen molar-refractivity contribution in [3.05, 3.63) is 11.1 Å². The van der Waals surface area contributed by atoms with Crippen molar-refractivity contribution < 1.29 is 24.2 Å². The van der Waals surface area contributed by atoms with E-state index in [4.69, 9.17) is 5.11 Å². The third-order valence-corrected chi connectivity index (χ3v) is 1.67. The molecule has 0 bridgehead atoms. The van der Waals surface area contributed by atoms with Crippen molar-refractivity contribution in [2.24, 2.45) is 0 Å². The van der Waals surface area contributed by atoms with Crippen molar-refractivity contribution >= 4 is 18.2 Å². The summed E-state index contributed by atoms with van der Waals surface area (Å²) in [7, 11) is 1.18. The molecule has 0 radical (unpaired) electrons. The van der Waals surface area contributed by atoms with Crippen molar-refractivity contribution in [3.8, 4) is 0 Å². The molecule has 0 heterocycles. The Morgan fingerprint density at radius 2 is 1.93 bits per heavy atom. The molecule has 1 N–H and O–H groups in total. The van der Waals surface area contributed by atoms with Crippen LogP contribution in [0.5, 0.6) is 0 Å². The number of methoxy groups -OCH3 is 1. The Kier molecular flexibility index (Phi) is 5.21. The van der Waals surface area contributed by atoms with Crippen molar-refractivity contribution in [1.29, 1.82) is 0 Å². The number of hydrogen-bond acceptors (Lipinski definition) is 4.